The summed E-state index contributed by atoms with van der Waals surface area (Å²) in [7, 11) is 0. The van der Waals surface area contributed by atoms with Gasteiger partial charge >= 0.3 is 0 Å². The lowest BCUT2D eigenvalue weighted by molar-refractivity contribution is 0.101. The maximum atomic E-state index is 12.5. The highest BCUT2D eigenvalue weighted by Gasteiger charge is 2.14. The number of carbonyl (C=O) groups excluding carboxylic acids is 2. The smallest absolute Gasteiger partial charge is 0.274 e. The molecule has 0 fully saturated rings. The van der Waals surface area contributed by atoms with E-state index in [1.807, 2.05) is 31.2 Å². The third kappa shape index (κ3) is 4.17. The van der Waals surface area contributed by atoms with Crippen LogP contribution in [0, 0.1) is 18.3 Å². The van der Waals surface area contributed by atoms with Crippen LogP contribution in [0.15, 0.2) is 66.7 Å². The number of rotatable bonds is 4. The van der Waals surface area contributed by atoms with E-state index in [1.54, 1.807) is 36.4 Å². The van der Waals surface area contributed by atoms with Crippen LogP contribution in [0.4, 0.5) is 11.4 Å². The number of hydrogen-bond acceptors (Lipinski definition) is 4. The van der Waals surface area contributed by atoms with E-state index in [9.17, 15) is 9.59 Å². The Bertz CT molecular complexity index is 1050. The Morgan fingerprint density at radius 1 is 0.815 bits per heavy atom. The van der Waals surface area contributed by atoms with Crippen LogP contribution in [-0.4, -0.2) is 16.8 Å². The number of para-hydroxylation sites is 2. The van der Waals surface area contributed by atoms with Gasteiger partial charge in [0.1, 0.15) is 17.5 Å². The van der Waals surface area contributed by atoms with Gasteiger partial charge in [-0.1, -0.05) is 36.4 Å². The fourth-order valence-corrected chi connectivity index (χ4v) is 2.46. The Labute approximate surface area is 156 Å². The minimum atomic E-state index is -0.497. The standard InChI is InChI=1S/C21H16N4O2/c1-14-7-2-4-9-16(14)24-20(26)18-11-6-12-19(23-18)21(27)25-17-10-5-3-8-15(17)13-22/h2-12H,1H3,(H,24,26)(H,25,27). The predicted octanol–water partition coefficient (Wildman–Crippen LogP) is 3.77. The zero-order valence-corrected chi connectivity index (χ0v) is 14.6. The van der Waals surface area contributed by atoms with Gasteiger partial charge in [0.2, 0.25) is 0 Å². The van der Waals surface area contributed by atoms with E-state index in [1.165, 1.54) is 12.1 Å². The van der Waals surface area contributed by atoms with Gasteiger partial charge in [-0.05, 0) is 42.8 Å². The Balaban J connectivity index is 1.79. The minimum Gasteiger partial charge on any atom is -0.320 e. The highest BCUT2D eigenvalue weighted by Crippen LogP contribution is 2.16. The first-order chi connectivity index (χ1) is 13.1. The summed E-state index contributed by atoms with van der Waals surface area (Å²) in [5.41, 5.74) is 2.55. The molecule has 0 radical (unpaired) electrons. The lowest BCUT2D eigenvalue weighted by Gasteiger charge is -2.09. The lowest BCUT2D eigenvalue weighted by atomic mass is 10.2. The normalized spacial score (nSPS) is 9.93. The Morgan fingerprint density at radius 2 is 1.37 bits per heavy atom. The van der Waals surface area contributed by atoms with Crippen molar-refractivity contribution in [1.29, 1.82) is 5.26 Å². The third-order valence-electron chi connectivity index (χ3n) is 3.90. The first kappa shape index (κ1) is 17.8. The molecule has 0 aliphatic rings. The first-order valence-corrected chi connectivity index (χ1v) is 8.23. The Kier molecular flexibility index (Phi) is 5.24. The van der Waals surface area contributed by atoms with Gasteiger partial charge in [-0.2, -0.15) is 5.26 Å². The van der Waals surface area contributed by atoms with Crippen molar-refractivity contribution in [3.05, 3.63) is 89.2 Å². The van der Waals surface area contributed by atoms with Crippen LogP contribution in [0.3, 0.4) is 0 Å². The molecule has 1 heterocycles. The van der Waals surface area contributed by atoms with Crippen molar-refractivity contribution in [2.24, 2.45) is 0 Å². The van der Waals surface area contributed by atoms with Crippen molar-refractivity contribution in [3.63, 3.8) is 0 Å². The fourth-order valence-electron chi connectivity index (χ4n) is 2.46. The third-order valence-corrected chi connectivity index (χ3v) is 3.90. The second kappa shape index (κ2) is 7.93. The zero-order valence-electron chi connectivity index (χ0n) is 14.6. The topological polar surface area (TPSA) is 94.9 Å². The zero-order chi connectivity index (χ0) is 19.2. The van der Waals surface area contributed by atoms with Crippen LogP contribution >= 0.6 is 0 Å². The molecule has 132 valence electrons. The summed E-state index contributed by atoms with van der Waals surface area (Å²) in [4.78, 5) is 29.0. The Hall–Kier alpha value is -3.98. The van der Waals surface area contributed by atoms with E-state index >= 15 is 0 Å². The number of nitrogens with zero attached hydrogens (tertiary/aromatic N) is 2. The van der Waals surface area contributed by atoms with Gasteiger partial charge in [-0.25, -0.2) is 4.98 Å². The molecule has 27 heavy (non-hydrogen) atoms. The summed E-state index contributed by atoms with van der Waals surface area (Å²) in [6.45, 7) is 1.89. The van der Waals surface area contributed by atoms with Crippen molar-refractivity contribution in [1.82, 2.24) is 4.98 Å². The van der Waals surface area contributed by atoms with Gasteiger partial charge in [0.05, 0.1) is 11.3 Å². The van der Waals surface area contributed by atoms with Crippen LogP contribution in [0.2, 0.25) is 0 Å². The number of pyridine rings is 1. The summed E-state index contributed by atoms with van der Waals surface area (Å²) in [6.07, 6.45) is 0. The molecule has 2 amide bonds. The SMILES string of the molecule is Cc1ccccc1NC(=O)c1cccc(C(=O)Nc2ccccc2C#N)n1. The molecule has 0 bridgehead atoms. The maximum Gasteiger partial charge on any atom is 0.274 e. The maximum absolute atomic E-state index is 12.5. The molecule has 0 aliphatic carbocycles. The molecule has 0 saturated heterocycles. The number of hydrogen-bond donors (Lipinski definition) is 2. The van der Waals surface area contributed by atoms with Crippen LogP contribution in [0.1, 0.15) is 32.1 Å². The average Bonchev–Trinajstić information content (AvgIpc) is 2.70. The predicted molar refractivity (Wildman–Crippen MR) is 102 cm³/mol. The summed E-state index contributed by atoms with van der Waals surface area (Å²) in [6, 6.07) is 20.7. The number of carbonyl (C=O) groups is 2. The number of anilines is 2. The van der Waals surface area contributed by atoms with E-state index in [4.69, 9.17) is 5.26 Å². The average molecular weight is 356 g/mol. The van der Waals surface area contributed by atoms with Crippen LogP contribution in [0.5, 0.6) is 0 Å². The van der Waals surface area contributed by atoms with Crippen molar-refractivity contribution in [2.75, 3.05) is 10.6 Å². The van der Waals surface area contributed by atoms with E-state index in [-0.39, 0.29) is 11.4 Å². The summed E-state index contributed by atoms with van der Waals surface area (Å²) < 4.78 is 0. The highest BCUT2D eigenvalue weighted by atomic mass is 16.2. The molecule has 0 saturated carbocycles. The van der Waals surface area contributed by atoms with Crippen LogP contribution in [0.25, 0.3) is 0 Å². The molecular formula is C21H16N4O2. The molecule has 0 spiro atoms. The number of nitrogens with one attached hydrogen (secondary N) is 2. The van der Waals surface area contributed by atoms with Crippen LogP contribution < -0.4 is 10.6 Å². The monoisotopic (exact) mass is 356 g/mol. The molecule has 2 aromatic carbocycles. The fraction of sp³-hybridized carbons (Fsp3) is 0.0476. The first-order valence-electron chi connectivity index (χ1n) is 8.23. The largest absolute Gasteiger partial charge is 0.320 e. The summed E-state index contributed by atoms with van der Waals surface area (Å²) in [5.74, 6) is -0.903. The van der Waals surface area contributed by atoms with Gasteiger partial charge in [-0.15, -0.1) is 0 Å². The summed E-state index contributed by atoms with van der Waals surface area (Å²) in [5, 5.41) is 14.5. The number of aromatic nitrogens is 1. The van der Waals surface area contributed by atoms with Gasteiger partial charge in [0.25, 0.3) is 11.8 Å². The van der Waals surface area contributed by atoms with Gasteiger partial charge in [-0.3, -0.25) is 9.59 Å². The van der Waals surface area contributed by atoms with Gasteiger partial charge < -0.3 is 10.6 Å². The quantitative estimate of drug-likeness (QED) is 0.744. The van der Waals surface area contributed by atoms with E-state index < -0.39 is 11.8 Å². The highest BCUT2D eigenvalue weighted by molar-refractivity contribution is 6.06. The van der Waals surface area contributed by atoms with Crippen molar-refractivity contribution < 1.29 is 9.59 Å². The number of aryl methyl sites for hydroxylation is 1. The molecule has 6 heteroatoms. The van der Waals surface area contributed by atoms with E-state index in [0.29, 0.717) is 16.9 Å². The molecule has 0 unspecified atom stereocenters. The number of amides is 2. The second-order valence-corrected chi connectivity index (χ2v) is 5.79. The minimum absolute atomic E-state index is 0.0835. The lowest BCUT2D eigenvalue weighted by Crippen LogP contribution is -2.19. The molecule has 6 nitrogen and oxygen atoms in total. The van der Waals surface area contributed by atoms with E-state index in [0.717, 1.165) is 5.56 Å². The molecule has 2 N–H and O–H groups in total. The molecule has 3 rings (SSSR count). The van der Waals surface area contributed by atoms with Crippen molar-refractivity contribution in [3.8, 4) is 6.07 Å². The second-order valence-electron chi connectivity index (χ2n) is 5.79. The van der Waals surface area contributed by atoms with E-state index in [2.05, 4.69) is 15.6 Å². The van der Waals surface area contributed by atoms with Gasteiger partial charge in [0.15, 0.2) is 0 Å². The molecular weight excluding hydrogens is 340 g/mol. The van der Waals surface area contributed by atoms with Gasteiger partial charge in [0, 0.05) is 5.69 Å². The van der Waals surface area contributed by atoms with Crippen molar-refractivity contribution in [2.45, 2.75) is 6.92 Å². The van der Waals surface area contributed by atoms with Crippen LogP contribution in [-0.2, 0) is 0 Å². The molecule has 1 aromatic heterocycles. The number of nitriles is 1. The molecule has 0 atom stereocenters. The molecule has 0 aliphatic heterocycles. The molecule has 3 aromatic rings. The number of benzene rings is 2. The Morgan fingerprint density at radius 3 is 2.00 bits per heavy atom. The van der Waals surface area contributed by atoms with Crippen molar-refractivity contribution >= 4 is 23.2 Å². The summed E-state index contributed by atoms with van der Waals surface area (Å²) >= 11 is 0.